The molecule has 3 aromatic rings. The van der Waals surface area contributed by atoms with Gasteiger partial charge in [-0.2, -0.15) is 0 Å². The van der Waals surface area contributed by atoms with Gasteiger partial charge in [0.05, 0.1) is 6.61 Å². The lowest BCUT2D eigenvalue weighted by Gasteiger charge is -2.20. The molecule has 0 fully saturated rings. The molecule has 124 valence electrons. The fourth-order valence-electron chi connectivity index (χ4n) is 2.75. The molecule has 0 N–H and O–H groups in total. The second-order valence-electron chi connectivity index (χ2n) is 5.36. The number of methoxy groups -OCH3 is 1. The number of hydrogen-bond donors (Lipinski definition) is 0. The molecule has 2 aromatic carbocycles. The van der Waals surface area contributed by atoms with Crippen LogP contribution in [0.3, 0.4) is 0 Å². The molecule has 0 atom stereocenters. The van der Waals surface area contributed by atoms with E-state index in [9.17, 15) is 9.18 Å². The third-order valence-electron chi connectivity index (χ3n) is 3.88. The molecule has 0 saturated carbocycles. The van der Waals surface area contributed by atoms with Crippen molar-refractivity contribution in [3.05, 3.63) is 65.7 Å². The summed E-state index contributed by atoms with van der Waals surface area (Å²) in [5.74, 6) is -0.359. The normalized spacial score (nSPS) is 11.0. The van der Waals surface area contributed by atoms with E-state index >= 15 is 0 Å². The molecule has 0 aliphatic rings. The van der Waals surface area contributed by atoms with Gasteiger partial charge < -0.3 is 14.1 Å². The summed E-state index contributed by atoms with van der Waals surface area (Å²) in [7, 11) is 1.58. The van der Waals surface area contributed by atoms with Crippen LogP contribution in [0.4, 0.5) is 10.1 Å². The summed E-state index contributed by atoms with van der Waals surface area (Å²) in [6, 6.07) is 13.3. The molecule has 0 unspecified atom stereocenters. The highest BCUT2D eigenvalue weighted by atomic mass is 19.1. The molecule has 24 heavy (non-hydrogen) atoms. The average molecular weight is 327 g/mol. The minimum atomic E-state index is -0.342. The second kappa shape index (κ2) is 6.84. The van der Waals surface area contributed by atoms with Gasteiger partial charge >= 0.3 is 0 Å². The van der Waals surface area contributed by atoms with Crippen molar-refractivity contribution in [3.8, 4) is 0 Å². The largest absolute Gasteiger partial charge is 0.450 e. The highest BCUT2D eigenvalue weighted by Crippen LogP contribution is 2.29. The zero-order valence-electron chi connectivity index (χ0n) is 13.6. The van der Waals surface area contributed by atoms with Crippen LogP contribution in [-0.2, 0) is 11.3 Å². The Bertz CT molecular complexity index is 855. The third kappa shape index (κ3) is 2.90. The summed E-state index contributed by atoms with van der Waals surface area (Å²) in [5, 5.41) is 0.859. The molecule has 1 amide bonds. The average Bonchev–Trinajstić information content (AvgIpc) is 2.96. The Morgan fingerprint density at radius 2 is 1.88 bits per heavy atom. The van der Waals surface area contributed by atoms with E-state index in [4.69, 9.17) is 9.15 Å². The lowest BCUT2D eigenvalue weighted by atomic mass is 10.1. The molecule has 0 saturated heterocycles. The summed E-state index contributed by atoms with van der Waals surface area (Å²) in [6.45, 7) is 2.58. The molecule has 4 nitrogen and oxygen atoms in total. The Balaban J connectivity index is 2.06. The summed E-state index contributed by atoms with van der Waals surface area (Å²) in [4.78, 5) is 14.6. The number of nitrogens with zero attached hydrogens (tertiary/aromatic N) is 1. The Morgan fingerprint density at radius 3 is 2.54 bits per heavy atom. The monoisotopic (exact) mass is 327 g/mol. The third-order valence-corrected chi connectivity index (χ3v) is 3.88. The van der Waals surface area contributed by atoms with Gasteiger partial charge in [0, 0.05) is 30.3 Å². The van der Waals surface area contributed by atoms with Gasteiger partial charge in [-0.05, 0) is 37.3 Å². The first-order valence-corrected chi connectivity index (χ1v) is 7.72. The quantitative estimate of drug-likeness (QED) is 0.698. The van der Waals surface area contributed by atoms with Crippen LogP contribution in [0.1, 0.15) is 23.0 Å². The molecule has 3 rings (SSSR count). The van der Waals surface area contributed by atoms with E-state index in [0.29, 0.717) is 17.8 Å². The molecular formula is C19H18FNO3. The smallest absolute Gasteiger partial charge is 0.294 e. The molecule has 0 aliphatic carbocycles. The number of anilines is 1. The van der Waals surface area contributed by atoms with Gasteiger partial charge in [-0.3, -0.25) is 4.79 Å². The van der Waals surface area contributed by atoms with Crippen LogP contribution in [0.2, 0.25) is 0 Å². The molecule has 0 bridgehead atoms. The minimum absolute atomic E-state index is 0.254. The van der Waals surface area contributed by atoms with Crippen LogP contribution in [0.5, 0.6) is 0 Å². The summed E-state index contributed by atoms with van der Waals surface area (Å²) in [5.41, 5.74) is 1.98. The van der Waals surface area contributed by atoms with E-state index in [0.717, 1.165) is 10.9 Å². The van der Waals surface area contributed by atoms with E-state index in [1.54, 1.807) is 24.1 Å². The number of rotatable bonds is 5. The summed E-state index contributed by atoms with van der Waals surface area (Å²) < 4.78 is 24.2. The number of amides is 1. The number of para-hydroxylation sites is 1. The molecule has 5 heteroatoms. The predicted molar refractivity (Wildman–Crippen MR) is 90.7 cm³/mol. The Hall–Kier alpha value is -2.66. The SMILES string of the molecule is CCN(C(=O)c1oc2ccccc2c1COC)c1ccc(F)cc1. The van der Waals surface area contributed by atoms with Gasteiger partial charge in [-0.15, -0.1) is 0 Å². The van der Waals surface area contributed by atoms with Crippen molar-refractivity contribution >= 4 is 22.6 Å². The molecular weight excluding hydrogens is 309 g/mol. The van der Waals surface area contributed by atoms with Crippen LogP contribution in [0.25, 0.3) is 11.0 Å². The lowest BCUT2D eigenvalue weighted by Crippen LogP contribution is -2.31. The first-order valence-electron chi connectivity index (χ1n) is 7.72. The van der Waals surface area contributed by atoms with Gasteiger partial charge in [0.15, 0.2) is 5.76 Å². The zero-order valence-corrected chi connectivity index (χ0v) is 13.6. The van der Waals surface area contributed by atoms with Gasteiger partial charge in [-0.1, -0.05) is 18.2 Å². The summed E-state index contributed by atoms with van der Waals surface area (Å²) >= 11 is 0. The van der Waals surface area contributed by atoms with Crippen LogP contribution in [-0.4, -0.2) is 19.6 Å². The molecule has 1 heterocycles. The van der Waals surface area contributed by atoms with Crippen molar-refractivity contribution in [1.82, 2.24) is 0 Å². The van der Waals surface area contributed by atoms with Crippen molar-refractivity contribution in [1.29, 1.82) is 0 Å². The number of ether oxygens (including phenoxy) is 1. The molecule has 0 radical (unpaired) electrons. The standard InChI is InChI=1S/C19H18FNO3/c1-3-21(14-10-8-13(20)9-11-14)19(22)18-16(12-23-2)15-6-4-5-7-17(15)24-18/h4-11H,3,12H2,1-2H3. The maximum atomic E-state index is 13.1. The first-order chi connectivity index (χ1) is 11.7. The molecule has 0 aliphatic heterocycles. The van der Waals surface area contributed by atoms with Gasteiger partial charge in [-0.25, -0.2) is 4.39 Å². The molecule has 0 spiro atoms. The first kappa shape index (κ1) is 16.2. The van der Waals surface area contributed by atoms with Gasteiger partial charge in [0.2, 0.25) is 0 Å². The highest BCUT2D eigenvalue weighted by molar-refractivity contribution is 6.08. The van der Waals surface area contributed by atoms with Crippen LogP contribution in [0.15, 0.2) is 52.9 Å². The zero-order chi connectivity index (χ0) is 17.1. The van der Waals surface area contributed by atoms with Crippen molar-refractivity contribution in [3.63, 3.8) is 0 Å². The topological polar surface area (TPSA) is 42.7 Å². The maximum Gasteiger partial charge on any atom is 0.294 e. The van der Waals surface area contributed by atoms with Crippen molar-refractivity contribution in [2.75, 3.05) is 18.6 Å². The van der Waals surface area contributed by atoms with E-state index < -0.39 is 0 Å². The maximum absolute atomic E-state index is 13.1. The van der Waals surface area contributed by atoms with Crippen molar-refractivity contribution < 1.29 is 18.3 Å². The number of carbonyl (C=O) groups is 1. The second-order valence-corrected chi connectivity index (χ2v) is 5.36. The van der Waals surface area contributed by atoms with Crippen molar-refractivity contribution in [2.24, 2.45) is 0 Å². The van der Waals surface area contributed by atoms with E-state index in [1.165, 1.54) is 12.1 Å². The number of benzene rings is 2. The number of halogens is 1. The Labute approximate surface area is 139 Å². The highest BCUT2D eigenvalue weighted by Gasteiger charge is 2.25. The van der Waals surface area contributed by atoms with Gasteiger partial charge in [0.25, 0.3) is 5.91 Å². The number of fused-ring (bicyclic) bond motifs is 1. The van der Waals surface area contributed by atoms with E-state index in [1.807, 2.05) is 31.2 Å². The van der Waals surface area contributed by atoms with Crippen molar-refractivity contribution in [2.45, 2.75) is 13.5 Å². The number of furan rings is 1. The fourth-order valence-corrected chi connectivity index (χ4v) is 2.75. The number of carbonyl (C=O) groups excluding carboxylic acids is 1. The van der Waals surface area contributed by atoms with Crippen LogP contribution in [0, 0.1) is 5.82 Å². The molecule has 1 aromatic heterocycles. The Kier molecular flexibility index (Phi) is 4.62. The Morgan fingerprint density at radius 1 is 1.17 bits per heavy atom. The van der Waals surface area contributed by atoms with E-state index in [-0.39, 0.29) is 24.1 Å². The number of hydrogen-bond acceptors (Lipinski definition) is 3. The van der Waals surface area contributed by atoms with Crippen LogP contribution >= 0.6 is 0 Å². The summed E-state index contributed by atoms with van der Waals surface area (Å²) in [6.07, 6.45) is 0. The van der Waals surface area contributed by atoms with Crippen LogP contribution < -0.4 is 4.90 Å². The van der Waals surface area contributed by atoms with E-state index in [2.05, 4.69) is 0 Å². The van der Waals surface area contributed by atoms with Gasteiger partial charge in [0.1, 0.15) is 11.4 Å². The fraction of sp³-hybridized carbons (Fsp3) is 0.211. The predicted octanol–water partition coefficient (Wildman–Crippen LogP) is 4.39. The minimum Gasteiger partial charge on any atom is -0.450 e. The lowest BCUT2D eigenvalue weighted by molar-refractivity contribution is 0.0957.